The second-order valence-electron chi connectivity index (χ2n) is 6.20. The zero-order valence-electron chi connectivity index (χ0n) is 14.8. The van der Waals surface area contributed by atoms with Crippen molar-refractivity contribution in [2.24, 2.45) is 0 Å². The number of hydrogen-bond acceptors (Lipinski definition) is 3. The molecule has 6 nitrogen and oxygen atoms in total. The number of carbonyl (C=O) groups is 3. The van der Waals surface area contributed by atoms with Gasteiger partial charge in [0.2, 0.25) is 6.41 Å². The molecular formula is C20H14ClF2N3O3. The summed E-state index contributed by atoms with van der Waals surface area (Å²) < 4.78 is 26.7. The lowest BCUT2D eigenvalue weighted by atomic mass is 10.1. The molecule has 0 radical (unpaired) electrons. The number of halogens is 3. The van der Waals surface area contributed by atoms with E-state index in [2.05, 4.69) is 17.2 Å². The number of nitrogens with zero attached hydrogens (tertiary/aromatic N) is 1. The number of benzene rings is 2. The van der Waals surface area contributed by atoms with E-state index in [0.717, 1.165) is 17.7 Å². The monoisotopic (exact) mass is 417 g/mol. The first-order valence-electron chi connectivity index (χ1n) is 8.41. The van der Waals surface area contributed by atoms with Gasteiger partial charge in [-0.3, -0.25) is 14.9 Å². The van der Waals surface area contributed by atoms with E-state index in [9.17, 15) is 23.2 Å². The maximum Gasteiger partial charge on any atom is 0.322 e. The largest absolute Gasteiger partial charge is 0.331 e. The molecule has 0 aromatic heterocycles. The molecular weight excluding hydrogens is 404 g/mol. The molecule has 9 heteroatoms. The van der Waals surface area contributed by atoms with Crippen LogP contribution in [-0.4, -0.2) is 35.8 Å². The molecule has 0 fully saturated rings. The minimum Gasteiger partial charge on any atom is -0.331 e. The van der Waals surface area contributed by atoms with Gasteiger partial charge in [0.1, 0.15) is 17.7 Å². The highest BCUT2D eigenvalue weighted by Crippen LogP contribution is 2.25. The first-order chi connectivity index (χ1) is 13.9. The summed E-state index contributed by atoms with van der Waals surface area (Å²) in [6.45, 7) is 0.275. The highest BCUT2D eigenvalue weighted by atomic mass is 35.5. The van der Waals surface area contributed by atoms with Crippen molar-refractivity contribution in [2.75, 3.05) is 6.54 Å². The molecule has 1 aliphatic heterocycles. The predicted molar refractivity (Wildman–Crippen MR) is 101 cm³/mol. The van der Waals surface area contributed by atoms with Gasteiger partial charge in [-0.05, 0) is 29.8 Å². The van der Waals surface area contributed by atoms with E-state index in [1.807, 2.05) is 5.32 Å². The van der Waals surface area contributed by atoms with Gasteiger partial charge in [0.25, 0.3) is 5.91 Å². The number of urea groups is 1. The van der Waals surface area contributed by atoms with E-state index in [4.69, 9.17) is 11.6 Å². The summed E-state index contributed by atoms with van der Waals surface area (Å²) in [5.74, 6) is 3.37. The summed E-state index contributed by atoms with van der Waals surface area (Å²) in [7, 11) is 0. The van der Waals surface area contributed by atoms with Crippen LogP contribution in [0.25, 0.3) is 0 Å². The topological polar surface area (TPSA) is 78.5 Å². The third-order valence-corrected chi connectivity index (χ3v) is 4.34. The summed E-state index contributed by atoms with van der Waals surface area (Å²) in [6.07, 6.45) is 0.195. The van der Waals surface area contributed by atoms with Crippen LogP contribution in [0.5, 0.6) is 0 Å². The van der Waals surface area contributed by atoms with Crippen molar-refractivity contribution in [3.05, 3.63) is 69.7 Å². The molecule has 0 bridgehead atoms. The first kappa shape index (κ1) is 20.3. The van der Waals surface area contributed by atoms with E-state index >= 15 is 0 Å². The Hall–Kier alpha value is -3.44. The van der Waals surface area contributed by atoms with Crippen LogP contribution >= 0.6 is 11.6 Å². The fourth-order valence-electron chi connectivity index (χ4n) is 2.88. The Bertz CT molecular complexity index is 1030. The average Bonchev–Trinajstić information content (AvgIpc) is 2.94. The van der Waals surface area contributed by atoms with Crippen molar-refractivity contribution in [3.8, 4) is 11.8 Å². The second kappa shape index (κ2) is 8.71. The van der Waals surface area contributed by atoms with Gasteiger partial charge >= 0.3 is 6.03 Å². The van der Waals surface area contributed by atoms with E-state index < -0.39 is 23.7 Å². The summed E-state index contributed by atoms with van der Waals surface area (Å²) in [5.41, 5.74) is 1.29. The van der Waals surface area contributed by atoms with Crippen LogP contribution in [0.3, 0.4) is 0 Å². The number of imide groups is 1. The van der Waals surface area contributed by atoms with Gasteiger partial charge in [-0.2, -0.15) is 0 Å². The molecule has 148 valence electrons. The maximum absolute atomic E-state index is 13.3. The zero-order chi connectivity index (χ0) is 21.0. The summed E-state index contributed by atoms with van der Waals surface area (Å²) in [4.78, 5) is 36.2. The number of fused-ring (bicyclic) bond motifs is 1. The molecule has 0 saturated heterocycles. The SMILES string of the molecule is O=CNC(=O)N[C@H](C#Cc1cc(F)cc(F)c1)CN1Cc2ccc(Cl)cc2C1=O. The standard InChI is InChI=1S/C20H14ClF2N3O3/c21-14-3-2-13-9-26(19(28)18(13)7-14)10-17(25-20(29)24-11-27)4-1-12-5-15(22)8-16(23)6-12/h2-3,5-8,11,17H,9-10H2,(H2,24,25,27,29)/t17-/m1/s1. The smallest absolute Gasteiger partial charge is 0.322 e. The highest BCUT2D eigenvalue weighted by Gasteiger charge is 2.29. The molecule has 1 aliphatic rings. The van der Waals surface area contributed by atoms with Gasteiger partial charge in [-0.15, -0.1) is 0 Å². The van der Waals surface area contributed by atoms with Crippen LogP contribution < -0.4 is 10.6 Å². The molecule has 4 amide bonds. The Labute approximate surface area is 169 Å². The zero-order valence-corrected chi connectivity index (χ0v) is 15.6. The van der Waals surface area contributed by atoms with Gasteiger partial charge in [0.05, 0.1) is 6.54 Å². The lowest BCUT2D eigenvalue weighted by Gasteiger charge is -2.21. The van der Waals surface area contributed by atoms with Crippen molar-refractivity contribution < 1.29 is 23.2 Å². The first-order valence-corrected chi connectivity index (χ1v) is 8.79. The maximum atomic E-state index is 13.3. The Morgan fingerprint density at radius 3 is 2.66 bits per heavy atom. The van der Waals surface area contributed by atoms with Crippen LogP contribution in [-0.2, 0) is 11.3 Å². The van der Waals surface area contributed by atoms with Gasteiger partial charge in [0.15, 0.2) is 0 Å². The molecule has 3 rings (SSSR count). The number of nitrogens with one attached hydrogen (secondary N) is 2. The molecule has 1 heterocycles. The molecule has 2 N–H and O–H groups in total. The third kappa shape index (κ3) is 5.09. The summed E-state index contributed by atoms with van der Waals surface area (Å²) in [6, 6.07) is 6.02. The minimum atomic E-state index is -0.907. The normalized spacial score (nSPS) is 13.2. The molecule has 0 saturated carbocycles. The van der Waals surface area contributed by atoms with Crippen molar-refractivity contribution in [1.82, 2.24) is 15.5 Å². The average molecular weight is 418 g/mol. The Kier molecular flexibility index (Phi) is 6.10. The number of hydrogen-bond donors (Lipinski definition) is 2. The van der Waals surface area contributed by atoms with E-state index in [1.54, 1.807) is 18.2 Å². The van der Waals surface area contributed by atoms with Crippen LogP contribution in [0.15, 0.2) is 36.4 Å². The van der Waals surface area contributed by atoms with E-state index in [-0.39, 0.29) is 31.0 Å². The van der Waals surface area contributed by atoms with Crippen molar-refractivity contribution in [3.63, 3.8) is 0 Å². The fraction of sp³-hybridized carbons (Fsp3) is 0.150. The lowest BCUT2D eigenvalue weighted by Crippen LogP contribution is -2.46. The fourth-order valence-corrected chi connectivity index (χ4v) is 3.05. The van der Waals surface area contributed by atoms with Gasteiger partial charge in [0, 0.05) is 28.8 Å². The quantitative estimate of drug-likeness (QED) is 0.592. The van der Waals surface area contributed by atoms with E-state index in [1.165, 1.54) is 4.90 Å². The van der Waals surface area contributed by atoms with Crippen LogP contribution in [0.1, 0.15) is 21.5 Å². The predicted octanol–water partition coefficient (Wildman–Crippen LogP) is 2.45. The molecule has 0 aliphatic carbocycles. The van der Waals surface area contributed by atoms with E-state index in [0.29, 0.717) is 16.7 Å². The minimum absolute atomic E-state index is 0.0117. The van der Waals surface area contributed by atoms with Crippen molar-refractivity contribution >= 4 is 29.9 Å². The van der Waals surface area contributed by atoms with Gasteiger partial charge < -0.3 is 10.2 Å². The van der Waals surface area contributed by atoms with Crippen molar-refractivity contribution in [2.45, 2.75) is 12.6 Å². The lowest BCUT2D eigenvalue weighted by molar-refractivity contribution is -0.108. The Morgan fingerprint density at radius 1 is 1.24 bits per heavy atom. The molecule has 29 heavy (non-hydrogen) atoms. The van der Waals surface area contributed by atoms with Crippen LogP contribution in [0, 0.1) is 23.5 Å². The molecule has 0 unspecified atom stereocenters. The number of carbonyl (C=O) groups excluding carboxylic acids is 3. The molecule has 0 spiro atoms. The van der Waals surface area contributed by atoms with Gasteiger partial charge in [-0.25, -0.2) is 13.6 Å². The summed E-state index contributed by atoms with van der Waals surface area (Å²) in [5, 5.41) is 4.78. The number of amides is 4. The van der Waals surface area contributed by atoms with Crippen LogP contribution in [0.4, 0.5) is 13.6 Å². The highest BCUT2D eigenvalue weighted by molar-refractivity contribution is 6.31. The summed E-state index contributed by atoms with van der Waals surface area (Å²) >= 11 is 5.94. The van der Waals surface area contributed by atoms with Crippen molar-refractivity contribution in [1.29, 1.82) is 0 Å². The Balaban J connectivity index is 1.81. The molecule has 1 atom stereocenters. The molecule has 2 aromatic carbocycles. The molecule has 2 aromatic rings. The number of rotatable bonds is 4. The third-order valence-electron chi connectivity index (χ3n) is 4.10. The van der Waals surface area contributed by atoms with Crippen LogP contribution in [0.2, 0.25) is 5.02 Å². The second-order valence-corrected chi connectivity index (χ2v) is 6.64. The van der Waals surface area contributed by atoms with Gasteiger partial charge in [-0.1, -0.05) is 29.5 Å². The Morgan fingerprint density at radius 2 is 1.97 bits per heavy atom.